The summed E-state index contributed by atoms with van der Waals surface area (Å²) >= 11 is 6.34. The minimum atomic E-state index is -0.242. The Morgan fingerprint density at radius 2 is 1.91 bits per heavy atom. The Balaban J connectivity index is 1.47. The highest BCUT2D eigenvalue weighted by Crippen LogP contribution is 2.25. The van der Waals surface area contributed by atoms with Gasteiger partial charge in [-0.2, -0.15) is 5.10 Å². The van der Waals surface area contributed by atoms with E-state index in [0.29, 0.717) is 23.5 Å². The number of carbonyl (C=O) groups excluding carboxylic acids is 1. The van der Waals surface area contributed by atoms with Gasteiger partial charge in [0.15, 0.2) is 0 Å². The average molecular weight is 456 g/mol. The van der Waals surface area contributed by atoms with Crippen molar-refractivity contribution in [1.29, 1.82) is 0 Å². The van der Waals surface area contributed by atoms with E-state index < -0.39 is 0 Å². The molecule has 0 bridgehead atoms. The fourth-order valence-corrected chi connectivity index (χ4v) is 4.72. The molecule has 1 aromatic carbocycles. The second-order valence-corrected chi connectivity index (χ2v) is 8.90. The third-order valence-corrected chi connectivity index (χ3v) is 6.73. The maximum atomic E-state index is 13.1. The van der Waals surface area contributed by atoms with Crippen LogP contribution in [0.4, 0.5) is 0 Å². The van der Waals surface area contributed by atoms with Crippen LogP contribution in [0.25, 0.3) is 10.8 Å². The Labute approximate surface area is 193 Å². The Morgan fingerprint density at radius 3 is 2.66 bits per heavy atom. The van der Waals surface area contributed by atoms with Gasteiger partial charge in [0.2, 0.25) is 5.91 Å². The minimum absolute atomic E-state index is 0.0767. The van der Waals surface area contributed by atoms with Gasteiger partial charge in [-0.05, 0) is 64.4 Å². The van der Waals surface area contributed by atoms with Crippen LogP contribution < -0.4 is 10.9 Å². The molecule has 4 rings (SSSR count). The number of aromatic nitrogens is 3. The maximum Gasteiger partial charge on any atom is 0.276 e. The number of halogens is 1. The normalized spacial score (nSPS) is 14.3. The molecule has 8 heteroatoms. The van der Waals surface area contributed by atoms with Crippen LogP contribution >= 0.6 is 11.6 Å². The van der Waals surface area contributed by atoms with Crippen molar-refractivity contribution in [1.82, 2.24) is 24.6 Å². The van der Waals surface area contributed by atoms with Crippen molar-refractivity contribution in [3.05, 3.63) is 62.8 Å². The first kappa shape index (κ1) is 22.6. The third-order valence-electron chi connectivity index (χ3n) is 6.36. The minimum Gasteiger partial charge on any atom is -0.354 e. The molecule has 1 aliphatic heterocycles. The number of hydrogen-bond donors (Lipinski definition) is 1. The van der Waals surface area contributed by atoms with Crippen LogP contribution in [0.2, 0.25) is 5.02 Å². The number of benzene rings is 1. The molecule has 0 atom stereocenters. The second-order valence-electron chi connectivity index (χ2n) is 8.50. The Kier molecular flexibility index (Phi) is 6.96. The van der Waals surface area contributed by atoms with Crippen LogP contribution in [-0.2, 0) is 17.9 Å². The van der Waals surface area contributed by atoms with E-state index >= 15 is 0 Å². The highest BCUT2D eigenvalue weighted by Gasteiger charge is 2.18. The molecule has 0 aliphatic carbocycles. The molecule has 1 aliphatic rings. The lowest BCUT2D eigenvalue weighted by Gasteiger charge is -2.14. The number of aryl methyl sites for hydroxylation is 2. The van der Waals surface area contributed by atoms with E-state index in [1.165, 1.54) is 17.5 Å². The van der Waals surface area contributed by atoms with Gasteiger partial charge in [-0.25, -0.2) is 4.68 Å². The summed E-state index contributed by atoms with van der Waals surface area (Å²) in [7, 11) is 0. The Morgan fingerprint density at radius 1 is 1.16 bits per heavy atom. The summed E-state index contributed by atoms with van der Waals surface area (Å²) < 4.78 is 3.34. The van der Waals surface area contributed by atoms with Crippen molar-refractivity contribution >= 4 is 28.3 Å². The fourth-order valence-electron chi connectivity index (χ4n) is 4.52. The molecule has 1 fully saturated rings. The molecule has 1 amide bonds. The van der Waals surface area contributed by atoms with Crippen LogP contribution in [0, 0.1) is 13.8 Å². The lowest BCUT2D eigenvalue weighted by atomic mass is 10.2. The summed E-state index contributed by atoms with van der Waals surface area (Å²) in [5, 5.41) is 9.29. The van der Waals surface area contributed by atoms with E-state index in [-0.39, 0.29) is 18.0 Å². The topological polar surface area (TPSA) is 72.2 Å². The molecule has 1 saturated heterocycles. The highest BCUT2D eigenvalue weighted by atomic mass is 35.5. The van der Waals surface area contributed by atoms with Crippen molar-refractivity contribution < 1.29 is 4.79 Å². The summed E-state index contributed by atoms with van der Waals surface area (Å²) in [4.78, 5) is 28.0. The monoisotopic (exact) mass is 455 g/mol. The smallest absolute Gasteiger partial charge is 0.276 e. The number of rotatable bonds is 8. The van der Waals surface area contributed by atoms with Crippen molar-refractivity contribution in [2.75, 3.05) is 26.2 Å². The SMILES string of the molecule is Cc1c2cnn(CC(=O)NCCCN3CCCC3)c(=O)c2c(C)n1Cc1ccccc1Cl. The first-order valence-corrected chi connectivity index (χ1v) is 11.6. The standard InChI is InChI=1S/C24H30ClN5O2/c1-17-20-14-27-30(16-22(31)26-10-7-13-28-11-5-6-12-28)24(32)23(20)18(2)29(17)15-19-8-3-4-9-21(19)25/h3-4,8-9,14H,5-7,10-13,15-16H2,1-2H3,(H,26,31). The van der Waals surface area contributed by atoms with Crippen molar-refractivity contribution in [2.24, 2.45) is 0 Å². The summed E-state index contributed by atoms with van der Waals surface area (Å²) in [6.07, 6.45) is 5.13. The molecule has 0 spiro atoms. The van der Waals surface area contributed by atoms with Crippen molar-refractivity contribution in [3.63, 3.8) is 0 Å². The Bertz CT molecular complexity index is 1180. The van der Waals surface area contributed by atoms with E-state index in [1.54, 1.807) is 6.20 Å². The summed E-state index contributed by atoms with van der Waals surface area (Å²) in [5.41, 5.74) is 2.56. The summed E-state index contributed by atoms with van der Waals surface area (Å²) in [6, 6.07) is 7.70. The zero-order valence-electron chi connectivity index (χ0n) is 18.7. The number of hydrogen-bond acceptors (Lipinski definition) is 4. The summed E-state index contributed by atoms with van der Waals surface area (Å²) in [5.74, 6) is -0.190. The molecule has 3 heterocycles. The van der Waals surface area contributed by atoms with Gasteiger partial charge < -0.3 is 14.8 Å². The van der Waals surface area contributed by atoms with E-state index in [4.69, 9.17) is 11.6 Å². The first-order valence-electron chi connectivity index (χ1n) is 11.2. The van der Waals surface area contributed by atoms with Gasteiger partial charge in [-0.1, -0.05) is 29.8 Å². The quantitative estimate of drug-likeness (QED) is 0.530. The molecule has 0 radical (unpaired) electrons. The van der Waals surface area contributed by atoms with E-state index in [0.717, 1.165) is 48.4 Å². The van der Waals surface area contributed by atoms with Crippen molar-refractivity contribution in [3.8, 4) is 0 Å². The van der Waals surface area contributed by atoms with Gasteiger partial charge in [0.1, 0.15) is 6.54 Å². The van der Waals surface area contributed by atoms with E-state index in [2.05, 4.69) is 19.9 Å². The zero-order valence-corrected chi connectivity index (χ0v) is 19.5. The lowest BCUT2D eigenvalue weighted by Crippen LogP contribution is -2.35. The number of nitrogens with zero attached hydrogens (tertiary/aromatic N) is 4. The van der Waals surface area contributed by atoms with Gasteiger partial charge in [0, 0.05) is 34.9 Å². The Hall–Kier alpha value is -2.64. The van der Waals surface area contributed by atoms with E-state index in [9.17, 15) is 9.59 Å². The average Bonchev–Trinajstić information content (AvgIpc) is 3.37. The van der Waals surface area contributed by atoms with E-state index in [1.807, 2.05) is 38.1 Å². The number of nitrogens with one attached hydrogen (secondary N) is 1. The number of amides is 1. The molecule has 1 N–H and O–H groups in total. The van der Waals surface area contributed by atoms with Crippen LogP contribution in [-0.4, -0.2) is 51.3 Å². The molecule has 0 unspecified atom stereocenters. The van der Waals surface area contributed by atoms with Crippen LogP contribution in [0.3, 0.4) is 0 Å². The lowest BCUT2D eigenvalue weighted by molar-refractivity contribution is -0.121. The molecule has 0 saturated carbocycles. The van der Waals surface area contributed by atoms with Crippen molar-refractivity contribution in [2.45, 2.75) is 46.2 Å². The van der Waals surface area contributed by atoms with Gasteiger partial charge in [0.05, 0.1) is 11.6 Å². The van der Waals surface area contributed by atoms with Gasteiger partial charge in [-0.15, -0.1) is 0 Å². The highest BCUT2D eigenvalue weighted by molar-refractivity contribution is 6.31. The predicted molar refractivity (Wildman–Crippen MR) is 127 cm³/mol. The zero-order chi connectivity index (χ0) is 22.7. The van der Waals surface area contributed by atoms with Gasteiger partial charge in [-0.3, -0.25) is 9.59 Å². The molecular formula is C24H30ClN5O2. The second kappa shape index (κ2) is 9.88. The molecule has 32 heavy (non-hydrogen) atoms. The van der Waals surface area contributed by atoms with Crippen LogP contribution in [0.5, 0.6) is 0 Å². The molecule has 2 aromatic heterocycles. The maximum absolute atomic E-state index is 13.1. The molecular weight excluding hydrogens is 426 g/mol. The molecule has 7 nitrogen and oxygen atoms in total. The largest absolute Gasteiger partial charge is 0.354 e. The van der Waals surface area contributed by atoms with Crippen LogP contribution in [0.1, 0.15) is 36.2 Å². The molecule has 170 valence electrons. The number of likely N-dealkylation sites (tertiary alicyclic amines) is 1. The third kappa shape index (κ3) is 4.74. The summed E-state index contributed by atoms with van der Waals surface area (Å²) in [6.45, 7) is 8.32. The van der Waals surface area contributed by atoms with Crippen LogP contribution in [0.15, 0.2) is 35.3 Å². The molecule has 3 aromatic rings. The van der Waals surface area contributed by atoms with Gasteiger partial charge in [0.25, 0.3) is 5.56 Å². The first-order chi connectivity index (χ1) is 15.5. The number of fused-ring (bicyclic) bond motifs is 1. The fraction of sp³-hybridized carbons (Fsp3) is 0.458. The number of carbonyl (C=O) groups is 1. The van der Waals surface area contributed by atoms with Gasteiger partial charge >= 0.3 is 0 Å². The predicted octanol–water partition coefficient (Wildman–Crippen LogP) is 3.12.